The average Bonchev–Trinajstić information content (AvgIpc) is 2.95. The van der Waals surface area contributed by atoms with Gasteiger partial charge in [0.15, 0.2) is 0 Å². The van der Waals surface area contributed by atoms with Gasteiger partial charge < -0.3 is 9.30 Å². The first-order valence-electron chi connectivity index (χ1n) is 8.10. The number of rotatable bonds is 7. The van der Waals surface area contributed by atoms with Crippen molar-refractivity contribution in [3.63, 3.8) is 0 Å². The molecule has 2 rings (SSSR count). The van der Waals surface area contributed by atoms with E-state index in [1.807, 2.05) is 62.8 Å². The highest BCUT2D eigenvalue weighted by atomic mass is 32.2. The summed E-state index contributed by atoms with van der Waals surface area (Å²) in [6.45, 7) is 4.09. The molecule has 2 aromatic rings. The zero-order chi connectivity index (χ0) is 18.8. The second-order valence-electron chi connectivity index (χ2n) is 6.46. The maximum atomic E-state index is 12.8. The lowest BCUT2D eigenvalue weighted by atomic mass is 10.1. The van der Waals surface area contributed by atoms with Crippen LogP contribution in [0.2, 0.25) is 0 Å². The van der Waals surface area contributed by atoms with Crippen LogP contribution in [0.15, 0.2) is 35.4 Å². The molecule has 0 saturated carbocycles. The van der Waals surface area contributed by atoms with Crippen molar-refractivity contribution in [3.05, 3.63) is 47.3 Å². The molecule has 0 spiro atoms. The van der Waals surface area contributed by atoms with Gasteiger partial charge in [0.1, 0.15) is 10.6 Å². The van der Waals surface area contributed by atoms with E-state index in [0.717, 1.165) is 16.8 Å². The number of aromatic nitrogens is 1. The number of methoxy groups -OCH3 is 1. The maximum Gasteiger partial charge on any atom is 0.244 e. The number of aryl methyl sites for hydroxylation is 3. The summed E-state index contributed by atoms with van der Waals surface area (Å²) in [7, 11) is 3.61. The third kappa shape index (κ3) is 4.23. The van der Waals surface area contributed by atoms with Crippen molar-refractivity contribution in [2.45, 2.75) is 24.8 Å². The monoisotopic (exact) mass is 365 g/mol. The van der Waals surface area contributed by atoms with Crippen molar-refractivity contribution >= 4 is 10.0 Å². The Morgan fingerprint density at radius 2 is 1.88 bits per heavy atom. The largest absolute Gasteiger partial charge is 0.495 e. The van der Waals surface area contributed by atoms with Gasteiger partial charge in [-0.05, 0) is 63.3 Å². The standard InChI is InChI=1S/C18H27N3O3S/c1-13-10-17(24-6)18(11-14(13)2)25(22,23)19-12-16(20(3)4)15-8-7-9-21(15)5/h7-11,16,19H,12H2,1-6H3. The average molecular weight is 365 g/mol. The minimum absolute atomic E-state index is 0.0766. The maximum absolute atomic E-state index is 12.8. The van der Waals surface area contributed by atoms with E-state index in [2.05, 4.69) is 4.72 Å². The molecule has 138 valence electrons. The Kier molecular flexibility index (Phi) is 5.92. The van der Waals surface area contributed by atoms with E-state index in [4.69, 9.17) is 4.74 Å². The Morgan fingerprint density at radius 3 is 2.40 bits per heavy atom. The number of nitrogens with one attached hydrogen (secondary N) is 1. The molecule has 0 radical (unpaired) electrons. The fraction of sp³-hybridized carbons (Fsp3) is 0.444. The predicted molar refractivity (Wildman–Crippen MR) is 99.5 cm³/mol. The van der Waals surface area contributed by atoms with Crippen LogP contribution < -0.4 is 9.46 Å². The summed E-state index contributed by atoms with van der Waals surface area (Å²) in [5, 5.41) is 0. The molecule has 0 aliphatic rings. The second kappa shape index (κ2) is 7.59. The summed E-state index contributed by atoms with van der Waals surface area (Å²) < 4.78 is 35.7. The third-order valence-corrected chi connectivity index (χ3v) is 5.93. The highest BCUT2D eigenvalue weighted by Crippen LogP contribution is 2.27. The van der Waals surface area contributed by atoms with E-state index >= 15 is 0 Å². The molecule has 6 nitrogen and oxygen atoms in total. The van der Waals surface area contributed by atoms with Gasteiger partial charge in [-0.1, -0.05) is 0 Å². The number of nitrogens with zero attached hydrogens (tertiary/aromatic N) is 2. The zero-order valence-corrected chi connectivity index (χ0v) is 16.5. The molecule has 1 unspecified atom stereocenters. The van der Waals surface area contributed by atoms with Gasteiger partial charge in [0.2, 0.25) is 10.0 Å². The Labute approximate surface area is 150 Å². The minimum Gasteiger partial charge on any atom is -0.495 e. The van der Waals surface area contributed by atoms with E-state index in [0.29, 0.717) is 5.75 Å². The van der Waals surface area contributed by atoms with E-state index in [-0.39, 0.29) is 17.5 Å². The number of hydrogen-bond donors (Lipinski definition) is 1. The molecular weight excluding hydrogens is 338 g/mol. The van der Waals surface area contributed by atoms with Crippen molar-refractivity contribution in [1.82, 2.24) is 14.2 Å². The van der Waals surface area contributed by atoms with E-state index in [1.165, 1.54) is 7.11 Å². The molecule has 1 aromatic carbocycles. The second-order valence-corrected chi connectivity index (χ2v) is 8.20. The summed E-state index contributed by atoms with van der Waals surface area (Å²) in [5.41, 5.74) is 2.94. The molecule has 1 aromatic heterocycles. The normalized spacial score (nSPS) is 13.2. The van der Waals surface area contributed by atoms with Crippen molar-refractivity contribution in [3.8, 4) is 5.75 Å². The van der Waals surface area contributed by atoms with Crippen LogP contribution in [0, 0.1) is 13.8 Å². The van der Waals surface area contributed by atoms with Gasteiger partial charge in [0, 0.05) is 25.5 Å². The fourth-order valence-electron chi connectivity index (χ4n) is 2.77. The quantitative estimate of drug-likeness (QED) is 0.817. The lowest BCUT2D eigenvalue weighted by Crippen LogP contribution is -2.35. The first-order chi connectivity index (χ1) is 11.7. The number of benzene rings is 1. The van der Waals surface area contributed by atoms with Crippen LogP contribution in [0.3, 0.4) is 0 Å². The summed E-state index contributed by atoms with van der Waals surface area (Å²) in [6.07, 6.45) is 1.95. The number of sulfonamides is 1. The highest BCUT2D eigenvalue weighted by Gasteiger charge is 2.24. The van der Waals surface area contributed by atoms with Crippen LogP contribution in [0.5, 0.6) is 5.75 Å². The van der Waals surface area contributed by atoms with Crippen LogP contribution in [0.25, 0.3) is 0 Å². The summed E-state index contributed by atoms with van der Waals surface area (Å²) in [4.78, 5) is 2.16. The molecule has 0 bridgehead atoms. The van der Waals surface area contributed by atoms with Gasteiger partial charge in [0.25, 0.3) is 0 Å². The van der Waals surface area contributed by atoms with E-state index in [9.17, 15) is 8.42 Å². The van der Waals surface area contributed by atoms with Crippen molar-refractivity contribution in [2.75, 3.05) is 27.7 Å². The van der Waals surface area contributed by atoms with Crippen LogP contribution in [-0.2, 0) is 17.1 Å². The van der Waals surface area contributed by atoms with Crippen molar-refractivity contribution < 1.29 is 13.2 Å². The SMILES string of the molecule is COc1cc(C)c(C)cc1S(=O)(=O)NCC(c1cccn1C)N(C)C. The Balaban J connectivity index is 2.30. The predicted octanol–water partition coefficient (Wildman–Crippen LogP) is 2.23. The number of hydrogen-bond acceptors (Lipinski definition) is 4. The molecule has 1 N–H and O–H groups in total. The van der Waals surface area contributed by atoms with Crippen LogP contribution in [-0.4, -0.2) is 45.6 Å². The molecular formula is C18H27N3O3S. The molecule has 1 heterocycles. The molecule has 0 aliphatic carbocycles. The van der Waals surface area contributed by atoms with Crippen molar-refractivity contribution in [1.29, 1.82) is 0 Å². The molecule has 0 saturated heterocycles. The molecule has 7 heteroatoms. The van der Waals surface area contributed by atoms with Gasteiger partial charge in [0.05, 0.1) is 13.2 Å². The van der Waals surface area contributed by atoms with Crippen molar-refractivity contribution in [2.24, 2.45) is 7.05 Å². The zero-order valence-electron chi connectivity index (χ0n) is 15.7. The molecule has 1 atom stereocenters. The third-order valence-electron chi connectivity index (χ3n) is 4.48. The van der Waals surface area contributed by atoms with Gasteiger partial charge in [-0.25, -0.2) is 13.1 Å². The lowest BCUT2D eigenvalue weighted by Gasteiger charge is -2.25. The van der Waals surface area contributed by atoms with Crippen LogP contribution in [0.1, 0.15) is 22.9 Å². The summed E-state index contributed by atoms with van der Waals surface area (Å²) in [5.74, 6) is 0.357. The highest BCUT2D eigenvalue weighted by molar-refractivity contribution is 7.89. The summed E-state index contributed by atoms with van der Waals surface area (Å²) in [6, 6.07) is 7.28. The van der Waals surface area contributed by atoms with E-state index in [1.54, 1.807) is 12.1 Å². The van der Waals surface area contributed by atoms with E-state index < -0.39 is 10.0 Å². The fourth-order valence-corrected chi connectivity index (χ4v) is 4.04. The minimum atomic E-state index is -3.69. The molecule has 0 amide bonds. The van der Waals surface area contributed by atoms with Gasteiger partial charge in [-0.15, -0.1) is 0 Å². The Hall–Kier alpha value is -1.83. The van der Waals surface area contributed by atoms with Gasteiger partial charge in [-0.3, -0.25) is 4.90 Å². The Morgan fingerprint density at radius 1 is 1.24 bits per heavy atom. The van der Waals surface area contributed by atoms with Gasteiger partial charge >= 0.3 is 0 Å². The molecule has 25 heavy (non-hydrogen) atoms. The first-order valence-corrected chi connectivity index (χ1v) is 9.58. The number of likely N-dealkylation sites (N-methyl/N-ethyl adjacent to an activating group) is 1. The smallest absolute Gasteiger partial charge is 0.244 e. The molecule has 0 fully saturated rings. The Bertz CT molecular complexity index is 841. The van der Waals surface area contributed by atoms with Crippen LogP contribution >= 0.6 is 0 Å². The van der Waals surface area contributed by atoms with Crippen LogP contribution in [0.4, 0.5) is 0 Å². The molecule has 0 aliphatic heterocycles. The summed E-state index contributed by atoms with van der Waals surface area (Å²) >= 11 is 0. The first kappa shape index (κ1) is 19.5. The lowest BCUT2D eigenvalue weighted by molar-refractivity contribution is 0.289. The van der Waals surface area contributed by atoms with Gasteiger partial charge in [-0.2, -0.15) is 0 Å². The topological polar surface area (TPSA) is 63.6 Å². The number of ether oxygens (including phenoxy) is 1.